The van der Waals surface area contributed by atoms with Crippen molar-refractivity contribution in [1.29, 1.82) is 0 Å². The molecular weight excluding hydrogens is 620 g/mol. The van der Waals surface area contributed by atoms with Gasteiger partial charge in [0.2, 0.25) is 0 Å². The van der Waals surface area contributed by atoms with Crippen LogP contribution < -0.4 is 0 Å². The van der Waals surface area contributed by atoms with Crippen molar-refractivity contribution < 1.29 is 29.3 Å². The van der Waals surface area contributed by atoms with E-state index in [1.807, 2.05) is 45.0 Å². The number of rotatable bonds is 8. The number of carboxylic acid groups (broad SMARTS) is 2. The summed E-state index contributed by atoms with van der Waals surface area (Å²) in [7, 11) is 1.25. The molecule has 0 spiro atoms. The Hall–Kier alpha value is -5.51. The first-order valence-electron chi connectivity index (χ1n) is 16.4. The van der Waals surface area contributed by atoms with Crippen LogP contribution in [0.5, 0.6) is 0 Å². The van der Waals surface area contributed by atoms with E-state index in [2.05, 4.69) is 30.4 Å². The van der Waals surface area contributed by atoms with Gasteiger partial charge in [0, 0.05) is 34.4 Å². The molecule has 2 aromatic rings. The van der Waals surface area contributed by atoms with Crippen molar-refractivity contribution in [3.05, 3.63) is 99.9 Å². The molecule has 4 N–H and O–H groups in total. The molecule has 0 saturated heterocycles. The lowest BCUT2D eigenvalue weighted by Crippen LogP contribution is -2.42. The van der Waals surface area contributed by atoms with Gasteiger partial charge in [0.15, 0.2) is 0 Å². The summed E-state index contributed by atoms with van der Waals surface area (Å²) in [5.74, 6) is -3.96. The van der Waals surface area contributed by atoms with E-state index < -0.39 is 29.2 Å². The first-order chi connectivity index (χ1) is 23.3. The summed E-state index contributed by atoms with van der Waals surface area (Å²) in [6, 6.07) is 7.77. The highest BCUT2D eigenvalue weighted by Gasteiger charge is 2.53. The highest BCUT2D eigenvalue weighted by molar-refractivity contribution is 6.02. The number of carbonyl (C=O) groups is 3. The third kappa shape index (κ3) is 5.41. The second kappa shape index (κ2) is 12.5. The number of hydrogen-bond acceptors (Lipinski definition) is 6. The molecule has 10 heteroatoms. The fourth-order valence-corrected chi connectivity index (χ4v) is 7.51. The van der Waals surface area contributed by atoms with Crippen LogP contribution in [0.2, 0.25) is 0 Å². The highest BCUT2D eigenvalue weighted by atomic mass is 16.5. The zero-order valence-electron chi connectivity index (χ0n) is 28.6. The van der Waals surface area contributed by atoms with E-state index >= 15 is 0 Å². The van der Waals surface area contributed by atoms with Gasteiger partial charge >= 0.3 is 17.9 Å². The standard InChI is InChI=1S/C39H40N4O6/c1-8-10-23-20(4)28-15-27-19(3)22(9-2)32(42-27)18-34-39(6)26(13-11-25(37(46)47)36(39)38(48)49-7)33(43-34)16-29-21(5)24(12-14-35(44)45)31(41-29)17-30(23)40-28/h9,11,13,15-18,36,40,43H,2,8,10,12,14H2,1,3-7H3,(H,44,45)(H,46,47)/t36-,39+/m0/s1. The number of esters is 1. The van der Waals surface area contributed by atoms with E-state index in [1.54, 1.807) is 12.2 Å². The molecule has 10 nitrogen and oxygen atoms in total. The maximum atomic E-state index is 13.5. The first kappa shape index (κ1) is 33.4. The lowest BCUT2D eigenvalue weighted by atomic mass is 9.64. The van der Waals surface area contributed by atoms with Gasteiger partial charge in [-0.05, 0) is 98.2 Å². The Labute approximate surface area is 284 Å². The minimum atomic E-state index is -1.22. The van der Waals surface area contributed by atoms with Gasteiger partial charge in [-0.2, -0.15) is 0 Å². The molecule has 49 heavy (non-hydrogen) atoms. The molecule has 8 bridgehead atoms. The van der Waals surface area contributed by atoms with Crippen LogP contribution in [0, 0.1) is 12.8 Å². The number of aliphatic carboxylic acids is 2. The Kier molecular flexibility index (Phi) is 8.52. The molecule has 0 radical (unpaired) electrons. The largest absolute Gasteiger partial charge is 0.481 e. The van der Waals surface area contributed by atoms with E-state index in [-0.39, 0.29) is 12.0 Å². The molecule has 4 aliphatic rings. The SMILES string of the molecule is C=CC1=C(C)c2cc3[nH]c(cc4nc(cc5[nH]c(cc1n2)[C@@]1(C)C5=CC=C(C(=O)O)[C@H]1C(=O)OC)C(C)=C4CCC(=O)O)c(CCC)c3C. The maximum absolute atomic E-state index is 13.5. The normalized spacial score (nSPS) is 19.2. The molecule has 5 heterocycles. The van der Waals surface area contributed by atoms with Crippen LogP contribution in [0.1, 0.15) is 92.2 Å². The highest BCUT2D eigenvalue weighted by Crippen LogP contribution is 2.52. The Morgan fingerprint density at radius 1 is 0.939 bits per heavy atom. The molecule has 252 valence electrons. The number of nitrogens with one attached hydrogen (secondary N) is 2. The number of nitrogens with zero attached hydrogens (tertiary/aromatic N) is 2. The molecule has 0 aromatic carbocycles. The van der Waals surface area contributed by atoms with Crippen LogP contribution in [-0.2, 0) is 31.0 Å². The number of aromatic nitrogens is 4. The fraction of sp³-hybridized carbons (Fsp3) is 0.308. The minimum Gasteiger partial charge on any atom is -0.481 e. The number of carboxylic acids is 2. The molecule has 0 amide bonds. The molecule has 3 aliphatic heterocycles. The second-order valence-electron chi connectivity index (χ2n) is 13.0. The second-order valence-corrected chi connectivity index (χ2v) is 13.0. The van der Waals surface area contributed by atoms with Crippen molar-refractivity contribution >= 4 is 56.8 Å². The molecule has 0 fully saturated rings. The smallest absolute Gasteiger partial charge is 0.332 e. The lowest BCUT2D eigenvalue weighted by Gasteiger charge is -2.36. The number of fused-ring (bicyclic) bond motifs is 11. The van der Waals surface area contributed by atoms with Crippen molar-refractivity contribution in [2.75, 3.05) is 7.11 Å². The number of aryl methyl sites for hydroxylation is 2. The third-order valence-electron chi connectivity index (χ3n) is 10.2. The number of H-pyrrole nitrogens is 2. The van der Waals surface area contributed by atoms with E-state index in [0.29, 0.717) is 40.5 Å². The predicted octanol–water partition coefficient (Wildman–Crippen LogP) is 7.37. The van der Waals surface area contributed by atoms with E-state index in [4.69, 9.17) is 14.7 Å². The zero-order chi connectivity index (χ0) is 35.4. The van der Waals surface area contributed by atoms with E-state index in [0.717, 1.165) is 63.0 Å². The average molecular weight is 661 g/mol. The summed E-state index contributed by atoms with van der Waals surface area (Å²) in [5, 5.41) is 19.8. The Morgan fingerprint density at radius 3 is 2.29 bits per heavy atom. The van der Waals surface area contributed by atoms with Gasteiger partial charge < -0.3 is 24.9 Å². The average Bonchev–Trinajstić information content (AvgIpc) is 3.71. The van der Waals surface area contributed by atoms with Gasteiger partial charge in [-0.1, -0.05) is 38.2 Å². The fourth-order valence-electron chi connectivity index (χ4n) is 7.51. The third-order valence-corrected chi connectivity index (χ3v) is 10.2. The number of allylic oxidation sites excluding steroid dienone is 8. The Balaban J connectivity index is 1.78. The van der Waals surface area contributed by atoms with Gasteiger partial charge in [0.1, 0.15) is 5.92 Å². The van der Waals surface area contributed by atoms with Gasteiger partial charge in [0.05, 0.1) is 40.9 Å². The van der Waals surface area contributed by atoms with Gasteiger partial charge in [-0.25, -0.2) is 14.8 Å². The first-order valence-corrected chi connectivity index (χ1v) is 16.4. The van der Waals surface area contributed by atoms with Gasteiger partial charge in [-0.3, -0.25) is 9.59 Å². The van der Waals surface area contributed by atoms with Crippen molar-refractivity contribution in [1.82, 2.24) is 19.9 Å². The van der Waals surface area contributed by atoms with Crippen molar-refractivity contribution in [2.24, 2.45) is 5.92 Å². The summed E-state index contributed by atoms with van der Waals surface area (Å²) >= 11 is 0. The van der Waals surface area contributed by atoms with Crippen LogP contribution in [-0.4, -0.2) is 55.2 Å². The maximum Gasteiger partial charge on any atom is 0.332 e. The molecule has 2 aromatic heterocycles. The molecule has 2 atom stereocenters. The minimum absolute atomic E-state index is 0.0540. The number of aromatic amines is 2. The molecule has 0 unspecified atom stereocenters. The number of carbonyl (C=O) groups excluding carboxylic acids is 1. The number of methoxy groups -OCH3 is 1. The van der Waals surface area contributed by atoms with E-state index in [1.165, 1.54) is 13.2 Å². The summed E-state index contributed by atoms with van der Waals surface area (Å²) < 4.78 is 5.20. The van der Waals surface area contributed by atoms with Gasteiger partial charge in [0.25, 0.3) is 0 Å². The topological polar surface area (TPSA) is 158 Å². The Morgan fingerprint density at radius 2 is 1.63 bits per heavy atom. The van der Waals surface area contributed by atoms with Gasteiger partial charge in [-0.15, -0.1) is 0 Å². The summed E-state index contributed by atoms with van der Waals surface area (Å²) in [4.78, 5) is 54.9. The monoisotopic (exact) mass is 660 g/mol. The Bertz CT molecular complexity index is 2170. The van der Waals surface area contributed by atoms with Crippen molar-refractivity contribution in [3.8, 4) is 0 Å². The van der Waals surface area contributed by atoms with Crippen LogP contribution in [0.15, 0.2) is 54.6 Å². The summed E-state index contributed by atoms with van der Waals surface area (Å²) in [6.45, 7) is 14.0. The van der Waals surface area contributed by atoms with Crippen molar-refractivity contribution in [2.45, 2.75) is 65.7 Å². The van der Waals surface area contributed by atoms with E-state index in [9.17, 15) is 24.6 Å². The quantitative estimate of drug-likeness (QED) is 0.214. The van der Waals surface area contributed by atoms with Crippen LogP contribution in [0.3, 0.4) is 0 Å². The predicted molar refractivity (Wildman–Crippen MR) is 190 cm³/mol. The molecular formula is C39H40N4O6. The number of ether oxygens (including phenoxy) is 1. The van der Waals surface area contributed by atoms with Crippen LogP contribution in [0.4, 0.5) is 0 Å². The summed E-state index contributed by atoms with van der Waals surface area (Å²) in [5.41, 5.74) is 10.8. The van der Waals surface area contributed by atoms with Crippen LogP contribution >= 0.6 is 0 Å². The summed E-state index contributed by atoms with van der Waals surface area (Å²) in [6.07, 6.45) is 6.96. The molecule has 0 saturated carbocycles. The zero-order valence-corrected chi connectivity index (χ0v) is 28.6. The molecule has 1 aliphatic carbocycles. The number of hydrogen-bond donors (Lipinski definition) is 4. The lowest BCUT2D eigenvalue weighted by molar-refractivity contribution is -0.148. The van der Waals surface area contributed by atoms with Crippen LogP contribution in [0.25, 0.3) is 38.9 Å². The van der Waals surface area contributed by atoms with Crippen molar-refractivity contribution in [3.63, 3.8) is 0 Å². The molecule has 6 rings (SSSR count).